The number of aromatic amines is 2. The van der Waals surface area contributed by atoms with Crippen LogP contribution < -0.4 is 10.6 Å². The van der Waals surface area contributed by atoms with Crippen LogP contribution in [0.25, 0.3) is 33.6 Å². The van der Waals surface area contributed by atoms with Crippen LogP contribution in [0.4, 0.5) is 4.79 Å². The molecule has 12 nitrogen and oxygen atoms in total. The quantitative estimate of drug-likeness (QED) is 0.114. The number of amides is 3. The number of likely N-dealkylation sites (tertiary alicyclic amines) is 1. The predicted octanol–water partition coefficient (Wildman–Crippen LogP) is 7.62. The summed E-state index contributed by atoms with van der Waals surface area (Å²) in [5, 5.41) is 5.74. The van der Waals surface area contributed by atoms with E-state index in [-0.39, 0.29) is 29.7 Å². The number of rotatable bonds is 10. The van der Waals surface area contributed by atoms with Gasteiger partial charge in [0, 0.05) is 37.0 Å². The molecule has 5 atom stereocenters. The number of fused-ring (bicyclic) bond motifs is 2. The summed E-state index contributed by atoms with van der Waals surface area (Å²) in [6.45, 7) is 7.15. The topological polar surface area (TPSA) is 158 Å². The fourth-order valence-corrected chi connectivity index (χ4v) is 8.63. The number of hydrogen-bond acceptors (Lipinski definition) is 7. The number of benzene rings is 2. The van der Waals surface area contributed by atoms with Crippen molar-refractivity contribution in [2.45, 2.75) is 77.9 Å². The number of carbonyl (C=O) groups is 3. The molecule has 2 aliphatic carbocycles. The van der Waals surface area contributed by atoms with E-state index in [0.717, 1.165) is 75.8 Å². The standard InChI is InChI=1S/C30H34N6O3.C14H18N2O/c1-18(2)27(35-30(38)39-4)29(37)36-13-5-6-26(36)28-32-16-25(34-28)23-12-11-22(14-19(23)3)20-7-9-21(10-8-20)24-15-31-17-33-24;17-14(13-7-10-3-4-12(13)6-10)16-9-11-2-1-5-15-8-11/h7-12,14-18,26-27H,5-6,13H2,1-4H3,(H,31,33)(H,32,34)(H,35,38);1-2,5,8,10,12-13H,3-4,6-7,9H2,(H,16,17). The molecule has 2 saturated carbocycles. The van der Waals surface area contributed by atoms with Crippen LogP contribution in [0.2, 0.25) is 0 Å². The summed E-state index contributed by atoms with van der Waals surface area (Å²) in [5.41, 5.74) is 8.54. The molecule has 12 heteroatoms. The second-order valence-electron chi connectivity index (χ2n) is 15.7. The zero-order valence-corrected chi connectivity index (χ0v) is 32.6. The minimum absolute atomic E-state index is 0.0761. The number of aryl methyl sites for hydroxylation is 1. The molecule has 0 spiro atoms. The Balaban J connectivity index is 0.000000234. The molecule has 3 fully saturated rings. The third-order valence-electron chi connectivity index (χ3n) is 11.6. The van der Waals surface area contributed by atoms with E-state index in [0.29, 0.717) is 19.0 Å². The number of aromatic nitrogens is 5. The van der Waals surface area contributed by atoms with E-state index in [4.69, 9.17) is 4.74 Å². The van der Waals surface area contributed by atoms with Gasteiger partial charge < -0.3 is 30.2 Å². The van der Waals surface area contributed by atoms with E-state index in [9.17, 15) is 14.4 Å². The first-order valence-corrected chi connectivity index (χ1v) is 19.7. The molecular weight excluding hydrogens is 705 g/mol. The van der Waals surface area contributed by atoms with E-state index in [1.54, 1.807) is 18.7 Å². The summed E-state index contributed by atoms with van der Waals surface area (Å²) in [6, 6.07) is 17.9. The third kappa shape index (κ3) is 8.69. The maximum absolute atomic E-state index is 13.4. The molecule has 2 bridgehead atoms. The summed E-state index contributed by atoms with van der Waals surface area (Å²) >= 11 is 0. The monoisotopic (exact) mass is 756 g/mol. The predicted molar refractivity (Wildman–Crippen MR) is 215 cm³/mol. The molecule has 5 aromatic rings. The molecule has 8 rings (SSSR count). The van der Waals surface area contributed by atoms with Crippen molar-refractivity contribution in [3.05, 3.63) is 103 Å². The van der Waals surface area contributed by atoms with Crippen molar-refractivity contribution >= 4 is 17.9 Å². The van der Waals surface area contributed by atoms with Crippen molar-refractivity contribution in [2.75, 3.05) is 13.7 Å². The molecule has 1 saturated heterocycles. The van der Waals surface area contributed by atoms with Crippen LogP contribution in [0, 0.1) is 30.6 Å². The molecular formula is C44H52N8O4. The minimum Gasteiger partial charge on any atom is -0.453 e. The lowest BCUT2D eigenvalue weighted by atomic mass is 9.88. The number of alkyl carbamates (subject to hydrolysis) is 1. The number of imidazole rings is 2. The van der Waals surface area contributed by atoms with E-state index in [1.165, 1.54) is 26.4 Å². The highest BCUT2D eigenvalue weighted by Gasteiger charge is 2.43. The van der Waals surface area contributed by atoms with Crippen molar-refractivity contribution in [3.63, 3.8) is 0 Å². The van der Waals surface area contributed by atoms with Gasteiger partial charge in [-0.15, -0.1) is 0 Å². The van der Waals surface area contributed by atoms with Gasteiger partial charge in [0.05, 0.1) is 43.3 Å². The van der Waals surface area contributed by atoms with Crippen LogP contribution in [0.5, 0.6) is 0 Å². The van der Waals surface area contributed by atoms with E-state index >= 15 is 0 Å². The van der Waals surface area contributed by atoms with Crippen molar-refractivity contribution in [3.8, 4) is 33.6 Å². The maximum Gasteiger partial charge on any atom is 0.407 e. The highest BCUT2D eigenvalue weighted by molar-refractivity contribution is 5.86. The number of methoxy groups -OCH3 is 1. The summed E-state index contributed by atoms with van der Waals surface area (Å²) in [4.78, 5) is 58.6. The van der Waals surface area contributed by atoms with Gasteiger partial charge in [-0.25, -0.2) is 14.8 Å². The van der Waals surface area contributed by atoms with Crippen LogP contribution in [0.3, 0.4) is 0 Å². The van der Waals surface area contributed by atoms with E-state index in [1.807, 2.05) is 43.3 Å². The lowest BCUT2D eigenvalue weighted by molar-refractivity contribution is -0.135. The number of nitrogens with zero attached hydrogens (tertiary/aromatic N) is 4. The third-order valence-corrected chi connectivity index (χ3v) is 11.6. The maximum atomic E-state index is 13.4. The van der Waals surface area contributed by atoms with E-state index < -0.39 is 12.1 Å². The number of H-pyrrole nitrogens is 2. The van der Waals surface area contributed by atoms with Gasteiger partial charge in [-0.3, -0.25) is 14.6 Å². The zero-order chi connectivity index (χ0) is 39.2. The zero-order valence-electron chi connectivity index (χ0n) is 32.6. The van der Waals surface area contributed by atoms with Crippen molar-refractivity contribution in [1.29, 1.82) is 0 Å². The summed E-state index contributed by atoms with van der Waals surface area (Å²) in [6.07, 6.45) is 15.0. The fraction of sp³-hybridized carbons (Fsp3) is 0.409. The van der Waals surface area contributed by atoms with Crippen LogP contribution in [-0.2, 0) is 20.9 Å². The molecule has 3 aromatic heterocycles. The highest BCUT2D eigenvalue weighted by Crippen LogP contribution is 2.48. The Morgan fingerprint density at radius 2 is 1.73 bits per heavy atom. The second kappa shape index (κ2) is 17.3. The molecule has 4 heterocycles. The number of pyridine rings is 1. The largest absolute Gasteiger partial charge is 0.453 e. The van der Waals surface area contributed by atoms with Crippen LogP contribution in [-0.4, -0.2) is 67.4 Å². The molecule has 2 aromatic carbocycles. The highest BCUT2D eigenvalue weighted by atomic mass is 16.5. The average Bonchev–Trinajstić information content (AvgIpc) is 4.08. The first-order chi connectivity index (χ1) is 27.2. The van der Waals surface area contributed by atoms with Crippen molar-refractivity contribution in [1.82, 2.24) is 40.5 Å². The van der Waals surface area contributed by atoms with Crippen LogP contribution in [0.15, 0.2) is 85.7 Å². The fourth-order valence-electron chi connectivity index (χ4n) is 8.63. The lowest BCUT2D eigenvalue weighted by Gasteiger charge is -2.30. The lowest BCUT2D eigenvalue weighted by Crippen LogP contribution is -2.51. The Labute approximate surface area is 328 Å². The number of hydrogen-bond donors (Lipinski definition) is 4. The summed E-state index contributed by atoms with van der Waals surface area (Å²) in [7, 11) is 1.30. The van der Waals surface area contributed by atoms with Gasteiger partial charge in [0.2, 0.25) is 11.8 Å². The Kier molecular flexibility index (Phi) is 11.9. The summed E-state index contributed by atoms with van der Waals surface area (Å²) in [5.74, 6) is 2.59. The summed E-state index contributed by atoms with van der Waals surface area (Å²) < 4.78 is 4.73. The number of nitrogens with one attached hydrogen (secondary N) is 4. The Morgan fingerprint density at radius 1 is 0.929 bits per heavy atom. The minimum atomic E-state index is -0.657. The van der Waals surface area contributed by atoms with E-state index in [2.05, 4.69) is 84.9 Å². The van der Waals surface area contributed by atoms with Gasteiger partial charge in [-0.2, -0.15) is 0 Å². The smallest absolute Gasteiger partial charge is 0.407 e. The first kappa shape index (κ1) is 38.5. The number of ether oxygens (including phenoxy) is 1. The van der Waals surface area contributed by atoms with Gasteiger partial charge in [-0.05, 0) is 90.7 Å². The molecule has 292 valence electrons. The molecule has 4 N–H and O–H groups in total. The van der Waals surface area contributed by atoms with Crippen molar-refractivity contribution in [2.24, 2.45) is 23.7 Å². The normalized spacial score (nSPS) is 20.3. The van der Waals surface area contributed by atoms with Gasteiger partial charge in [0.15, 0.2) is 0 Å². The Morgan fingerprint density at radius 3 is 2.39 bits per heavy atom. The molecule has 3 amide bonds. The van der Waals surface area contributed by atoms with Crippen LogP contribution >= 0.6 is 0 Å². The van der Waals surface area contributed by atoms with Gasteiger partial charge in [0.25, 0.3) is 0 Å². The second-order valence-corrected chi connectivity index (χ2v) is 15.7. The molecule has 5 unspecified atom stereocenters. The molecule has 3 aliphatic rings. The number of carbonyl (C=O) groups excluding carboxylic acids is 3. The Bertz CT molecular complexity index is 2100. The van der Waals surface area contributed by atoms with Crippen LogP contribution in [0.1, 0.15) is 75.4 Å². The van der Waals surface area contributed by atoms with Crippen molar-refractivity contribution < 1.29 is 19.1 Å². The SMILES string of the molecule is COC(=O)NC(C(=O)N1CCCC1c1ncc(-c2ccc(-c3ccc(-c4cnc[nH]4)cc3)cc2C)[nH]1)C(C)C.O=C(NCc1cccnc1)C1CC2CCC1C2. The molecule has 56 heavy (non-hydrogen) atoms. The molecule has 1 aliphatic heterocycles. The first-order valence-electron chi connectivity index (χ1n) is 19.7. The Hall–Kier alpha value is -5.78. The van der Waals surface area contributed by atoms with Gasteiger partial charge in [0.1, 0.15) is 11.9 Å². The van der Waals surface area contributed by atoms with Gasteiger partial charge in [-0.1, -0.05) is 68.8 Å². The average molecular weight is 757 g/mol. The van der Waals surface area contributed by atoms with Gasteiger partial charge >= 0.3 is 6.09 Å². The molecule has 0 radical (unpaired) electrons.